The van der Waals surface area contributed by atoms with Crippen LogP contribution >= 0.6 is 0 Å². The number of aromatic amines is 1. The van der Waals surface area contributed by atoms with Crippen molar-refractivity contribution in [2.75, 3.05) is 19.6 Å². The zero-order valence-electron chi connectivity index (χ0n) is 18.8. The van der Waals surface area contributed by atoms with Crippen LogP contribution in [-0.4, -0.2) is 90.9 Å². The number of tetrazole rings is 1. The molecule has 11 nitrogen and oxygen atoms in total. The molecule has 34 heavy (non-hydrogen) atoms. The minimum Gasteiger partial charge on any atom is -0.330 e. The van der Waals surface area contributed by atoms with Gasteiger partial charge in [-0.2, -0.15) is 5.26 Å². The van der Waals surface area contributed by atoms with Gasteiger partial charge < -0.3 is 15.5 Å². The maximum absolute atomic E-state index is 13.4. The summed E-state index contributed by atoms with van der Waals surface area (Å²) >= 11 is 0. The molecule has 176 valence electrons. The Morgan fingerprint density at radius 2 is 2.21 bits per heavy atom. The molecule has 5 atom stereocenters. The quantitative estimate of drug-likeness (QED) is 0.631. The number of nitrogens with two attached hydrogens (primary N) is 1. The largest absolute Gasteiger partial charge is 0.330 e. The summed E-state index contributed by atoms with van der Waals surface area (Å²) in [5.41, 5.74) is 9.64. The van der Waals surface area contributed by atoms with Gasteiger partial charge in [-0.3, -0.25) is 14.5 Å². The van der Waals surface area contributed by atoms with Crippen molar-refractivity contribution in [1.82, 2.24) is 35.3 Å². The Kier molecular flexibility index (Phi) is 5.08. The van der Waals surface area contributed by atoms with Crippen LogP contribution in [0.3, 0.4) is 0 Å². The van der Waals surface area contributed by atoms with Gasteiger partial charge in [0.25, 0.3) is 0 Å². The summed E-state index contributed by atoms with van der Waals surface area (Å²) in [4.78, 5) is 32.0. The lowest BCUT2D eigenvalue weighted by molar-refractivity contribution is -0.141. The summed E-state index contributed by atoms with van der Waals surface area (Å²) in [6.07, 6.45) is 4.13. The van der Waals surface area contributed by atoms with Gasteiger partial charge in [0.15, 0.2) is 5.82 Å². The van der Waals surface area contributed by atoms with Crippen LogP contribution < -0.4 is 5.73 Å². The number of hydrogen-bond donors (Lipinski definition) is 2. The van der Waals surface area contributed by atoms with Crippen molar-refractivity contribution in [2.24, 2.45) is 5.73 Å². The van der Waals surface area contributed by atoms with E-state index in [4.69, 9.17) is 5.73 Å². The average Bonchev–Trinajstić information content (AvgIpc) is 3.66. The van der Waals surface area contributed by atoms with Crippen molar-refractivity contribution < 1.29 is 9.59 Å². The Morgan fingerprint density at radius 3 is 2.97 bits per heavy atom. The first-order chi connectivity index (χ1) is 16.5. The average molecular weight is 462 g/mol. The van der Waals surface area contributed by atoms with Crippen molar-refractivity contribution in [2.45, 2.75) is 62.3 Å². The molecule has 3 unspecified atom stereocenters. The topological polar surface area (TPSA) is 148 Å². The molecular weight excluding hydrogens is 434 g/mol. The maximum Gasteiger partial charge on any atom is 0.241 e. The summed E-state index contributed by atoms with van der Waals surface area (Å²) < 4.78 is 0. The number of carbonyl (C=O) groups excluding carboxylic acids is 2. The number of fused-ring (bicyclic) bond motifs is 3. The lowest BCUT2D eigenvalue weighted by Gasteiger charge is -2.38. The Hall–Kier alpha value is -3.36. The molecule has 3 N–H and O–H groups in total. The molecule has 0 saturated carbocycles. The Labute approximate surface area is 196 Å². The van der Waals surface area contributed by atoms with Gasteiger partial charge in [0, 0.05) is 31.2 Å². The molecule has 2 bridgehead atoms. The number of rotatable bonds is 5. The predicted molar refractivity (Wildman–Crippen MR) is 120 cm³/mol. The number of aromatic nitrogens is 4. The van der Waals surface area contributed by atoms with E-state index < -0.39 is 6.04 Å². The molecule has 0 radical (unpaired) electrons. The van der Waals surface area contributed by atoms with Gasteiger partial charge in [-0.25, -0.2) is 5.10 Å². The third-order valence-corrected chi connectivity index (χ3v) is 7.89. The van der Waals surface area contributed by atoms with Gasteiger partial charge in [0.2, 0.25) is 11.8 Å². The number of H-pyrrole nitrogens is 1. The van der Waals surface area contributed by atoms with Gasteiger partial charge >= 0.3 is 0 Å². The summed E-state index contributed by atoms with van der Waals surface area (Å²) in [6, 6.07) is 7.30. The fraction of sp³-hybridized carbons (Fsp3) is 0.565. The minimum atomic E-state index is -0.717. The van der Waals surface area contributed by atoms with E-state index in [0.29, 0.717) is 25.3 Å². The van der Waals surface area contributed by atoms with E-state index in [1.54, 1.807) is 4.90 Å². The standard InChI is InChI=1S/C23H27N9O2/c24-10-15-2-1-7-31(15)22(33)18(25)12-30-11-16-9-20(30)23(34)32(16)19-6-4-13-8-14(3-5-17(13)19)21-26-28-29-27-21/h3,5,8,15-16,18-20H,1-2,4,6-7,9,11-12,25H2,(H,26,27,28,29)/t15?,16-,18?,19-,20?/m0/s1. The zero-order valence-corrected chi connectivity index (χ0v) is 18.8. The van der Waals surface area contributed by atoms with E-state index in [1.165, 1.54) is 11.1 Å². The number of piperazine rings is 1. The van der Waals surface area contributed by atoms with Crippen LogP contribution in [0.25, 0.3) is 11.4 Å². The fourth-order valence-electron chi connectivity index (χ4n) is 6.32. The third-order valence-electron chi connectivity index (χ3n) is 7.89. The smallest absolute Gasteiger partial charge is 0.241 e. The number of benzene rings is 1. The number of nitrogens with zero attached hydrogens (tertiary/aromatic N) is 7. The fourth-order valence-corrected chi connectivity index (χ4v) is 6.32. The van der Waals surface area contributed by atoms with E-state index in [1.807, 2.05) is 6.07 Å². The second-order valence-corrected chi connectivity index (χ2v) is 9.75. The number of hydrogen-bond acceptors (Lipinski definition) is 8. The van der Waals surface area contributed by atoms with Crippen molar-refractivity contribution in [3.63, 3.8) is 0 Å². The third kappa shape index (κ3) is 3.28. The molecule has 3 fully saturated rings. The highest BCUT2D eigenvalue weighted by Gasteiger charge is 2.53. The predicted octanol–water partition coefficient (Wildman–Crippen LogP) is -0.0190. The molecule has 6 rings (SSSR count). The van der Waals surface area contributed by atoms with Crippen LogP contribution in [0.5, 0.6) is 0 Å². The molecule has 2 amide bonds. The molecule has 2 aromatic rings. The number of amides is 2. The molecule has 1 aromatic heterocycles. The van der Waals surface area contributed by atoms with Crippen LogP contribution in [0.15, 0.2) is 18.2 Å². The number of nitrogens with one attached hydrogen (secondary N) is 1. The second kappa shape index (κ2) is 8.14. The molecule has 4 heterocycles. The monoisotopic (exact) mass is 461 g/mol. The van der Waals surface area contributed by atoms with Gasteiger partial charge in [0.1, 0.15) is 6.04 Å². The van der Waals surface area contributed by atoms with Crippen molar-refractivity contribution in [1.29, 1.82) is 5.26 Å². The SMILES string of the molecule is N#CC1CCCN1C(=O)C(N)CN1C[C@@H]2CC1C(=O)N2[C@H]1CCc2cc(-c3nnn[nH]3)ccc21. The van der Waals surface area contributed by atoms with Crippen LogP contribution in [0, 0.1) is 11.3 Å². The van der Waals surface area contributed by atoms with Gasteiger partial charge in [-0.05, 0) is 59.7 Å². The number of aryl methyl sites for hydroxylation is 1. The number of likely N-dealkylation sites (tertiary alicyclic amines) is 3. The lowest BCUT2D eigenvalue weighted by Crippen LogP contribution is -2.56. The highest BCUT2D eigenvalue weighted by molar-refractivity contribution is 5.87. The maximum atomic E-state index is 13.4. The zero-order chi connectivity index (χ0) is 23.4. The molecule has 3 saturated heterocycles. The van der Waals surface area contributed by atoms with Gasteiger partial charge in [-0.15, -0.1) is 5.10 Å². The number of carbonyl (C=O) groups is 2. The molecule has 1 aromatic carbocycles. The Morgan fingerprint density at radius 1 is 1.32 bits per heavy atom. The molecule has 11 heteroatoms. The minimum absolute atomic E-state index is 0.0813. The first-order valence-electron chi connectivity index (χ1n) is 11.9. The molecule has 0 spiro atoms. The second-order valence-electron chi connectivity index (χ2n) is 9.75. The normalized spacial score (nSPS) is 29.0. The van der Waals surface area contributed by atoms with Crippen LogP contribution in [0.2, 0.25) is 0 Å². The summed E-state index contributed by atoms with van der Waals surface area (Å²) in [5, 5.41) is 23.4. The van der Waals surface area contributed by atoms with Gasteiger partial charge in [-0.1, -0.05) is 12.1 Å². The molecule has 4 aliphatic rings. The van der Waals surface area contributed by atoms with E-state index in [9.17, 15) is 14.9 Å². The lowest BCUT2D eigenvalue weighted by atomic mass is 10.0. The first kappa shape index (κ1) is 21.2. The van der Waals surface area contributed by atoms with Gasteiger partial charge in [0.05, 0.1) is 24.2 Å². The highest BCUT2D eigenvalue weighted by atomic mass is 16.2. The van der Waals surface area contributed by atoms with Crippen molar-refractivity contribution in [3.8, 4) is 17.5 Å². The summed E-state index contributed by atoms with van der Waals surface area (Å²) in [7, 11) is 0. The van der Waals surface area contributed by atoms with E-state index in [-0.39, 0.29) is 36.0 Å². The van der Waals surface area contributed by atoms with Crippen LogP contribution in [-0.2, 0) is 16.0 Å². The van der Waals surface area contributed by atoms with E-state index in [0.717, 1.165) is 37.8 Å². The van der Waals surface area contributed by atoms with Crippen LogP contribution in [0.1, 0.15) is 42.9 Å². The van der Waals surface area contributed by atoms with E-state index in [2.05, 4.69) is 48.6 Å². The molecular formula is C23H27N9O2. The highest BCUT2D eigenvalue weighted by Crippen LogP contribution is 2.44. The summed E-state index contributed by atoms with van der Waals surface area (Å²) in [6.45, 7) is 1.66. The Bertz CT molecular complexity index is 1160. The first-order valence-corrected chi connectivity index (χ1v) is 11.9. The molecule has 3 aliphatic heterocycles. The van der Waals surface area contributed by atoms with Crippen molar-refractivity contribution in [3.05, 3.63) is 29.3 Å². The van der Waals surface area contributed by atoms with Crippen molar-refractivity contribution >= 4 is 11.8 Å². The number of nitriles is 1. The van der Waals surface area contributed by atoms with E-state index >= 15 is 0 Å². The van der Waals surface area contributed by atoms with Crippen LogP contribution in [0.4, 0.5) is 0 Å². The summed E-state index contributed by atoms with van der Waals surface area (Å²) in [5.74, 6) is 0.589. The molecule has 1 aliphatic carbocycles. The Balaban J connectivity index is 1.13.